The van der Waals surface area contributed by atoms with E-state index in [0.29, 0.717) is 23.6 Å². The third-order valence-corrected chi connectivity index (χ3v) is 6.57. The number of hydrogen-bond donors (Lipinski definition) is 1. The molecule has 2 amide bonds. The van der Waals surface area contributed by atoms with Crippen molar-refractivity contribution in [3.8, 4) is 0 Å². The van der Waals surface area contributed by atoms with E-state index in [1.165, 1.54) is 0 Å². The number of nitrogens with zero attached hydrogens (tertiary/aromatic N) is 2. The zero-order valence-corrected chi connectivity index (χ0v) is 20.7. The summed E-state index contributed by atoms with van der Waals surface area (Å²) in [5.74, 6) is 0.981. The van der Waals surface area contributed by atoms with Crippen LogP contribution < -0.4 is 5.32 Å². The molecule has 6 heteroatoms. The lowest BCUT2D eigenvalue weighted by Crippen LogP contribution is -2.27. The molecule has 0 spiro atoms. The average Bonchev–Trinajstić information content (AvgIpc) is 3.39. The Morgan fingerprint density at radius 3 is 2.56 bits per heavy atom. The summed E-state index contributed by atoms with van der Waals surface area (Å²) < 4.78 is 5.57. The summed E-state index contributed by atoms with van der Waals surface area (Å²) in [4.78, 5) is 32.4. The first-order valence-electron chi connectivity index (χ1n) is 12.2. The van der Waals surface area contributed by atoms with Crippen molar-refractivity contribution >= 4 is 34.4 Å². The highest BCUT2D eigenvalue weighted by Crippen LogP contribution is 2.38. The molecule has 1 N–H and O–H groups in total. The number of fused-ring (bicyclic) bond motifs is 2. The number of nitrogens with one attached hydrogen (secondary N) is 1. The van der Waals surface area contributed by atoms with Crippen LogP contribution in [0.2, 0.25) is 0 Å². The highest BCUT2D eigenvalue weighted by atomic mass is 16.3. The van der Waals surface area contributed by atoms with Crippen molar-refractivity contribution < 1.29 is 14.0 Å². The fraction of sp³-hybridized carbons (Fsp3) is 0.233. The van der Waals surface area contributed by atoms with Gasteiger partial charge in [-0.3, -0.25) is 9.59 Å². The molecule has 0 fully saturated rings. The number of benzene rings is 2. The SMILES string of the molecule is CC1C/C(=C\c2ccco2)c2nc3ccccc3c(C(=O)NCc3ccc(C(=O)N(C)C)cc3)c2C1. The van der Waals surface area contributed by atoms with Gasteiger partial charge in [0.25, 0.3) is 11.8 Å². The van der Waals surface area contributed by atoms with Gasteiger partial charge in [-0.2, -0.15) is 0 Å². The summed E-state index contributed by atoms with van der Waals surface area (Å²) in [7, 11) is 3.46. The molecule has 1 aliphatic rings. The first-order valence-corrected chi connectivity index (χ1v) is 12.2. The van der Waals surface area contributed by atoms with Crippen LogP contribution in [-0.4, -0.2) is 35.8 Å². The number of furan rings is 1. The zero-order valence-electron chi connectivity index (χ0n) is 20.7. The first-order chi connectivity index (χ1) is 17.4. The van der Waals surface area contributed by atoms with Crippen molar-refractivity contribution in [3.63, 3.8) is 0 Å². The fourth-order valence-corrected chi connectivity index (χ4v) is 4.83. The van der Waals surface area contributed by atoms with Crippen molar-refractivity contribution in [1.29, 1.82) is 0 Å². The van der Waals surface area contributed by atoms with Gasteiger partial charge in [0, 0.05) is 31.6 Å². The molecule has 0 aliphatic heterocycles. The van der Waals surface area contributed by atoms with Crippen molar-refractivity contribution in [2.24, 2.45) is 5.92 Å². The van der Waals surface area contributed by atoms with Crippen LogP contribution in [0.4, 0.5) is 0 Å². The fourth-order valence-electron chi connectivity index (χ4n) is 4.83. The van der Waals surface area contributed by atoms with Crippen LogP contribution in [0.5, 0.6) is 0 Å². The molecule has 0 bridgehead atoms. The Hall–Kier alpha value is -4.19. The molecule has 1 atom stereocenters. The molecule has 2 aromatic carbocycles. The van der Waals surface area contributed by atoms with Crippen molar-refractivity contribution in [1.82, 2.24) is 15.2 Å². The lowest BCUT2D eigenvalue weighted by Gasteiger charge is -2.26. The van der Waals surface area contributed by atoms with Gasteiger partial charge >= 0.3 is 0 Å². The van der Waals surface area contributed by atoms with E-state index in [1.54, 1.807) is 37.4 Å². The van der Waals surface area contributed by atoms with Crippen LogP contribution in [0.3, 0.4) is 0 Å². The third kappa shape index (κ3) is 4.67. The van der Waals surface area contributed by atoms with Crippen LogP contribution in [-0.2, 0) is 13.0 Å². The number of para-hydroxylation sites is 1. The molecule has 5 rings (SSSR count). The molecule has 182 valence electrons. The second-order valence-electron chi connectivity index (χ2n) is 9.61. The molecule has 36 heavy (non-hydrogen) atoms. The first kappa shape index (κ1) is 23.5. The van der Waals surface area contributed by atoms with Gasteiger partial charge in [0.2, 0.25) is 0 Å². The maximum absolute atomic E-state index is 13.7. The number of hydrogen-bond acceptors (Lipinski definition) is 4. The molecular weight excluding hydrogens is 450 g/mol. The standard InChI is InChI=1S/C30H29N3O3/c1-19-15-22(17-23-7-6-14-36-23)28-25(16-19)27(24-8-4-5-9-26(24)32-28)29(34)31-18-20-10-12-21(13-11-20)30(35)33(2)3/h4-14,17,19H,15-16,18H2,1-3H3,(H,31,34)/b22-17+. The quantitative estimate of drug-likeness (QED) is 0.405. The Labute approximate surface area is 210 Å². The Morgan fingerprint density at radius 2 is 1.83 bits per heavy atom. The van der Waals surface area contributed by atoms with E-state index >= 15 is 0 Å². The zero-order chi connectivity index (χ0) is 25.2. The van der Waals surface area contributed by atoms with Crippen LogP contribution >= 0.6 is 0 Å². The summed E-state index contributed by atoms with van der Waals surface area (Å²) in [6.45, 7) is 2.57. The van der Waals surface area contributed by atoms with Gasteiger partial charge in [0.05, 0.1) is 23.0 Å². The predicted molar refractivity (Wildman–Crippen MR) is 141 cm³/mol. The van der Waals surface area contributed by atoms with Gasteiger partial charge in [-0.05, 0) is 71.9 Å². The topological polar surface area (TPSA) is 75.4 Å². The molecular formula is C30H29N3O3. The molecule has 2 heterocycles. The van der Waals surface area contributed by atoms with E-state index in [0.717, 1.165) is 51.9 Å². The van der Waals surface area contributed by atoms with Crippen LogP contribution in [0.1, 0.15) is 56.6 Å². The Morgan fingerprint density at radius 1 is 1.06 bits per heavy atom. The number of pyridine rings is 1. The highest BCUT2D eigenvalue weighted by molar-refractivity contribution is 6.09. The van der Waals surface area contributed by atoms with Crippen molar-refractivity contribution in [2.45, 2.75) is 26.3 Å². The van der Waals surface area contributed by atoms with E-state index in [9.17, 15) is 9.59 Å². The predicted octanol–water partition coefficient (Wildman–Crippen LogP) is 5.58. The molecule has 2 aromatic heterocycles. The molecule has 1 unspecified atom stereocenters. The summed E-state index contributed by atoms with van der Waals surface area (Å²) >= 11 is 0. The van der Waals surface area contributed by atoms with Gasteiger partial charge < -0.3 is 14.6 Å². The molecule has 1 aliphatic carbocycles. The van der Waals surface area contributed by atoms with Crippen molar-refractivity contribution in [3.05, 3.63) is 101 Å². The second-order valence-corrected chi connectivity index (χ2v) is 9.61. The summed E-state index contributed by atoms with van der Waals surface area (Å²) in [5.41, 5.74) is 5.97. The number of carbonyl (C=O) groups excluding carboxylic acids is 2. The van der Waals surface area contributed by atoms with Crippen LogP contribution in [0.25, 0.3) is 22.6 Å². The highest BCUT2D eigenvalue weighted by Gasteiger charge is 2.28. The molecule has 6 nitrogen and oxygen atoms in total. The Bertz CT molecular complexity index is 1450. The Kier molecular flexibility index (Phi) is 6.42. The molecule has 0 saturated carbocycles. The van der Waals surface area contributed by atoms with Gasteiger partial charge in [-0.15, -0.1) is 0 Å². The maximum atomic E-state index is 13.7. The average molecular weight is 480 g/mol. The minimum atomic E-state index is -0.121. The minimum Gasteiger partial charge on any atom is -0.465 e. The number of amides is 2. The number of allylic oxidation sites excluding steroid dienone is 1. The Balaban J connectivity index is 1.49. The molecule has 0 radical (unpaired) electrons. The second kappa shape index (κ2) is 9.82. The van der Waals surface area contributed by atoms with Gasteiger partial charge in [-0.25, -0.2) is 4.98 Å². The number of aromatic nitrogens is 1. The molecule has 0 saturated heterocycles. The van der Waals surface area contributed by atoms with Gasteiger partial charge in [0.15, 0.2) is 0 Å². The van der Waals surface area contributed by atoms with Crippen LogP contribution in [0.15, 0.2) is 71.3 Å². The lowest BCUT2D eigenvalue weighted by molar-refractivity contribution is 0.0827. The third-order valence-electron chi connectivity index (χ3n) is 6.57. The maximum Gasteiger partial charge on any atom is 0.253 e. The largest absolute Gasteiger partial charge is 0.465 e. The van der Waals surface area contributed by atoms with Gasteiger partial charge in [-0.1, -0.05) is 37.3 Å². The normalized spacial score (nSPS) is 16.1. The van der Waals surface area contributed by atoms with Crippen molar-refractivity contribution in [2.75, 3.05) is 14.1 Å². The van der Waals surface area contributed by atoms with Gasteiger partial charge in [0.1, 0.15) is 5.76 Å². The minimum absolute atomic E-state index is 0.0482. The van der Waals surface area contributed by atoms with E-state index < -0.39 is 0 Å². The monoisotopic (exact) mass is 479 g/mol. The molecule has 4 aromatic rings. The number of rotatable bonds is 5. The number of carbonyl (C=O) groups is 2. The van der Waals surface area contributed by atoms with E-state index in [1.807, 2.05) is 54.6 Å². The van der Waals surface area contributed by atoms with E-state index in [2.05, 4.69) is 12.2 Å². The smallest absolute Gasteiger partial charge is 0.253 e. The lowest BCUT2D eigenvalue weighted by atomic mass is 9.80. The van der Waals surface area contributed by atoms with Crippen LogP contribution in [0, 0.1) is 5.92 Å². The summed E-state index contributed by atoms with van der Waals surface area (Å²) in [5, 5.41) is 3.96. The summed E-state index contributed by atoms with van der Waals surface area (Å²) in [6, 6.07) is 19.0. The summed E-state index contributed by atoms with van der Waals surface area (Å²) in [6.07, 6.45) is 5.36. The van der Waals surface area contributed by atoms with E-state index in [-0.39, 0.29) is 11.8 Å². The van der Waals surface area contributed by atoms with E-state index in [4.69, 9.17) is 9.40 Å².